The SMILES string of the molecule is Cl[CH]c1cc2ccccc2o1. The number of fused-ring (bicyclic) bond motifs is 1. The number of furan rings is 1. The summed E-state index contributed by atoms with van der Waals surface area (Å²) >= 11 is 5.48. The molecule has 0 spiro atoms. The van der Waals surface area contributed by atoms with Crippen molar-refractivity contribution in [1.29, 1.82) is 0 Å². The van der Waals surface area contributed by atoms with Crippen molar-refractivity contribution < 1.29 is 4.42 Å². The summed E-state index contributed by atoms with van der Waals surface area (Å²) in [6.07, 6.45) is 0. The van der Waals surface area contributed by atoms with Crippen LogP contribution in [0.5, 0.6) is 0 Å². The molecule has 0 unspecified atom stereocenters. The van der Waals surface area contributed by atoms with E-state index in [1.807, 2.05) is 30.3 Å². The van der Waals surface area contributed by atoms with E-state index < -0.39 is 0 Å². The molecule has 0 atom stereocenters. The van der Waals surface area contributed by atoms with Gasteiger partial charge in [-0.25, -0.2) is 0 Å². The van der Waals surface area contributed by atoms with E-state index in [-0.39, 0.29) is 0 Å². The van der Waals surface area contributed by atoms with Crippen molar-refractivity contribution in [2.24, 2.45) is 0 Å². The third-order valence-electron chi connectivity index (χ3n) is 1.55. The molecule has 1 heterocycles. The number of hydrogen-bond donors (Lipinski definition) is 0. The minimum Gasteiger partial charge on any atom is -0.459 e. The van der Waals surface area contributed by atoms with Gasteiger partial charge in [0.15, 0.2) is 0 Å². The molecule has 0 amide bonds. The predicted octanol–water partition coefficient (Wildman–Crippen LogP) is 3.18. The number of para-hydroxylation sites is 1. The summed E-state index contributed by atoms with van der Waals surface area (Å²) in [4.78, 5) is 0. The van der Waals surface area contributed by atoms with Gasteiger partial charge in [0, 0.05) is 5.39 Å². The standard InChI is InChI=1S/C9H6ClO/c10-6-8-5-7-3-1-2-4-9(7)11-8/h1-6H. The molecule has 0 N–H and O–H groups in total. The van der Waals surface area contributed by atoms with Crippen molar-refractivity contribution >= 4 is 22.6 Å². The highest BCUT2D eigenvalue weighted by atomic mass is 35.5. The first-order valence-electron chi connectivity index (χ1n) is 3.32. The maximum Gasteiger partial charge on any atom is 0.134 e. The predicted molar refractivity (Wildman–Crippen MR) is 45.5 cm³/mol. The zero-order valence-electron chi connectivity index (χ0n) is 5.75. The number of benzene rings is 1. The maximum absolute atomic E-state index is 5.48. The van der Waals surface area contributed by atoms with Crippen molar-refractivity contribution in [3.8, 4) is 0 Å². The van der Waals surface area contributed by atoms with Gasteiger partial charge in [0.2, 0.25) is 0 Å². The summed E-state index contributed by atoms with van der Waals surface area (Å²) in [7, 11) is 0. The topological polar surface area (TPSA) is 13.1 Å². The molecule has 2 aromatic rings. The molecule has 0 aliphatic heterocycles. The van der Waals surface area contributed by atoms with E-state index in [2.05, 4.69) is 0 Å². The van der Waals surface area contributed by atoms with Gasteiger partial charge in [-0.2, -0.15) is 0 Å². The summed E-state index contributed by atoms with van der Waals surface area (Å²) < 4.78 is 5.33. The molecule has 1 radical (unpaired) electrons. The fourth-order valence-corrected chi connectivity index (χ4v) is 1.16. The summed E-state index contributed by atoms with van der Waals surface area (Å²) in [5, 5.41) is 1.08. The lowest BCUT2D eigenvalue weighted by Crippen LogP contribution is -1.59. The quantitative estimate of drug-likeness (QED) is 0.633. The first-order valence-corrected chi connectivity index (χ1v) is 3.76. The Morgan fingerprint density at radius 2 is 2.09 bits per heavy atom. The fourth-order valence-electron chi connectivity index (χ4n) is 1.06. The second kappa shape index (κ2) is 2.59. The molecule has 0 saturated heterocycles. The minimum atomic E-state index is 0.702. The van der Waals surface area contributed by atoms with Crippen molar-refractivity contribution in [2.45, 2.75) is 0 Å². The van der Waals surface area contributed by atoms with E-state index in [0.29, 0.717) is 5.76 Å². The third-order valence-corrected chi connectivity index (χ3v) is 1.77. The molecule has 0 aliphatic rings. The third kappa shape index (κ3) is 1.12. The van der Waals surface area contributed by atoms with Crippen LogP contribution in [0.2, 0.25) is 0 Å². The average Bonchev–Trinajstić information content (AvgIpc) is 2.46. The van der Waals surface area contributed by atoms with Crippen LogP contribution in [0.25, 0.3) is 11.0 Å². The Morgan fingerprint density at radius 1 is 1.27 bits per heavy atom. The zero-order valence-corrected chi connectivity index (χ0v) is 6.51. The number of rotatable bonds is 1. The molecule has 0 fully saturated rings. The average molecular weight is 166 g/mol. The van der Waals surface area contributed by atoms with Crippen LogP contribution in [0.1, 0.15) is 5.76 Å². The molecule has 0 aliphatic carbocycles. The number of hydrogen-bond acceptors (Lipinski definition) is 1. The van der Waals surface area contributed by atoms with E-state index in [1.165, 1.54) is 5.88 Å². The first-order chi connectivity index (χ1) is 5.40. The van der Waals surface area contributed by atoms with Crippen LogP contribution >= 0.6 is 11.6 Å². The molecule has 2 rings (SSSR count). The Kier molecular flexibility index (Phi) is 1.59. The molecule has 2 heteroatoms. The molecular weight excluding hydrogens is 160 g/mol. The Hall–Kier alpha value is -0.950. The maximum atomic E-state index is 5.48. The Bertz CT molecular complexity index is 331. The summed E-state index contributed by atoms with van der Waals surface area (Å²) in [5.41, 5.74) is 0.874. The molecule has 1 nitrogen and oxygen atoms in total. The Labute approximate surface area is 69.6 Å². The van der Waals surface area contributed by atoms with Gasteiger partial charge < -0.3 is 4.42 Å². The lowest BCUT2D eigenvalue weighted by atomic mass is 10.2. The van der Waals surface area contributed by atoms with Crippen LogP contribution in [0.3, 0.4) is 0 Å². The van der Waals surface area contributed by atoms with Gasteiger partial charge in [0.1, 0.15) is 17.2 Å². The number of halogens is 1. The highest BCUT2D eigenvalue weighted by Gasteiger charge is 1.99. The second-order valence-electron chi connectivity index (χ2n) is 2.30. The normalized spacial score (nSPS) is 10.6. The smallest absolute Gasteiger partial charge is 0.134 e. The van der Waals surface area contributed by atoms with Gasteiger partial charge >= 0.3 is 0 Å². The van der Waals surface area contributed by atoms with Crippen LogP contribution in [0.15, 0.2) is 34.7 Å². The molecular formula is C9H6ClO. The van der Waals surface area contributed by atoms with E-state index in [0.717, 1.165) is 11.0 Å². The van der Waals surface area contributed by atoms with Crippen LogP contribution in [0, 0.1) is 5.88 Å². The zero-order chi connectivity index (χ0) is 7.68. The summed E-state index contributed by atoms with van der Waals surface area (Å²) in [6.45, 7) is 0. The van der Waals surface area contributed by atoms with Crippen molar-refractivity contribution in [3.63, 3.8) is 0 Å². The van der Waals surface area contributed by atoms with Gasteiger partial charge in [-0.15, -0.1) is 11.6 Å². The Morgan fingerprint density at radius 3 is 2.82 bits per heavy atom. The minimum absolute atomic E-state index is 0.702. The van der Waals surface area contributed by atoms with Crippen LogP contribution in [0.4, 0.5) is 0 Å². The van der Waals surface area contributed by atoms with Gasteiger partial charge in [0.25, 0.3) is 0 Å². The molecule has 1 aromatic carbocycles. The lowest BCUT2D eigenvalue weighted by Gasteiger charge is -1.82. The van der Waals surface area contributed by atoms with Crippen molar-refractivity contribution in [3.05, 3.63) is 42.0 Å². The lowest BCUT2D eigenvalue weighted by molar-refractivity contribution is 0.592. The van der Waals surface area contributed by atoms with Gasteiger partial charge in [-0.1, -0.05) is 18.2 Å². The van der Waals surface area contributed by atoms with E-state index >= 15 is 0 Å². The van der Waals surface area contributed by atoms with Crippen LogP contribution in [-0.2, 0) is 0 Å². The summed E-state index contributed by atoms with van der Waals surface area (Å²) in [5.74, 6) is 2.13. The van der Waals surface area contributed by atoms with E-state index in [9.17, 15) is 0 Å². The fraction of sp³-hybridized carbons (Fsp3) is 0. The van der Waals surface area contributed by atoms with Crippen LogP contribution in [-0.4, -0.2) is 0 Å². The van der Waals surface area contributed by atoms with E-state index in [4.69, 9.17) is 16.0 Å². The molecule has 0 saturated carbocycles. The highest BCUT2D eigenvalue weighted by molar-refractivity contribution is 6.24. The largest absolute Gasteiger partial charge is 0.459 e. The van der Waals surface area contributed by atoms with Gasteiger partial charge in [-0.3, -0.25) is 0 Å². The van der Waals surface area contributed by atoms with Crippen molar-refractivity contribution in [2.75, 3.05) is 0 Å². The van der Waals surface area contributed by atoms with Gasteiger partial charge in [0.05, 0.1) is 0 Å². The van der Waals surface area contributed by atoms with E-state index in [1.54, 1.807) is 0 Å². The molecule has 0 bridgehead atoms. The van der Waals surface area contributed by atoms with Crippen LogP contribution < -0.4 is 0 Å². The molecule has 55 valence electrons. The highest BCUT2D eigenvalue weighted by Crippen LogP contribution is 2.20. The summed E-state index contributed by atoms with van der Waals surface area (Å²) in [6, 6.07) is 9.71. The first kappa shape index (κ1) is 6.74. The molecule has 1 aromatic heterocycles. The Balaban J connectivity index is 2.69. The monoisotopic (exact) mass is 165 g/mol. The van der Waals surface area contributed by atoms with Crippen molar-refractivity contribution in [1.82, 2.24) is 0 Å². The molecule has 11 heavy (non-hydrogen) atoms. The van der Waals surface area contributed by atoms with Gasteiger partial charge in [-0.05, 0) is 12.1 Å². The second-order valence-corrected chi connectivity index (χ2v) is 2.51.